The summed E-state index contributed by atoms with van der Waals surface area (Å²) in [6.45, 7) is 2.61. The summed E-state index contributed by atoms with van der Waals surface area (Å²) in [6, 6.07) is 4.79. The molecule has 2 rings (SSSR count). The van der Waals surface area contributed by atoms with Crippen molar-refractivity contribution in [2.45, 2.75) is 31.8 Å². The Balaban J connectivity index is 1.89. The summed E-state index contributed by atoms with van der Waals surface area (Å²) in [5.41, 5.74) is 6.04. The van der Waals surface area contributed by atoms with E-state index < -0.39 is 5.82 Å². The average Bonchev–Trinajstić information content (AvgIpc) is 3.17. The first-order chi connectivity index (χ1) is 8.97. The Hall–Kier alpha value is -1.62. The van der Waals surface area contributed by atoms with Crippen LogP contribution in [0.25, 0.3) is 0 Å². The summed E-state index contributed by atoms with van der Waals surface area (Å²) in [5, 5.41) is 2.81. The van der Waals surface area contributed by atoms with E-state index in [1.165, 1.54) is 31.0 Å². The number of nitrogens with zero attached hydrogens (tertiary/aromatic N) is 1. The predicted molar refractivity (Wildman–Crippen MR) is 73.4 cm³/mol. The molecule has 19 heavy (non-hydrogen) atoms. The van der Waals surface area contributed by atoms with Gasteiger partial charge in [-0.2, -0.15) is 0 Å². The molecular formula is C14H20FN3O. The number of anilines is 1. The lowest BCUT2D eigenvalue weighted by atomic mass is 10.1. The summed E-state index contributed by atoms with van der Waals surface area (Å²) in [5.74, 6) is -0.782. The van der Waals surface area contributed by atoms with E-state index in [9.17, 15) is 9.18 Å². The zero-order valence-corrected chi connectivity index (χ0v) is 11.3. The first-order valence-corrected chi connectivity index (χ1v) is 6.53. The van der Waals surface area contributed by atoms with Crippen LogP contribution in [-0.4, -0.2) is 36.5 Å². The maximum absolute atomic E-state index is 13.2. The fraction of sp³-hybridized carbons (Fsp3) is 0.500. The van der Waals surface area contributed by atoms with Crippen molar-refractivity contribution in [1.29, 1.82) is 0 Å². The van der Waals surface area contributed by atoms with Crippen LogP contribution in [0.5, 0.6) is 0 Å². The predicted octanol–water partition coefficient (Wildman–Crippen LogP) is 1.62. The molecule has 1 aliphatic rings. The van der Waals surface area contributed by atoms with E-state index in [0.29, 0.717) is 12.6 Å². The molecule has 4 nitrogen and oxygen atoms in total. The van der Waals surface area contributed by atoms with Gasteiger partial charge >= 0.3 is 0 Å². The molecule has 1 atom stereocenters. The minimum absolute atomic E-state index is 0.258. The van der Waals surface area contributed by atoms with E-state index in [1.54, 1.807) is 0 Å². The highest BCUT2D eigenvalue weighted by Gasteiger charge is 2.29. The summed E-state index contributed by atoms with van der Waals surface area (Å²) in [6.07, 6.45) is 2.46. The minimum Gasteiger partial charge on any atom is -0.399 e. The largest absolute Gasteiger partial charge is 0.399 e. The van der Waals surface area contributed by atoms with E-state index in [2.05, 4.69) is 24.2 Å². The third-order valence-corrected chi connectivity index (χ3v) is 3.56. The average molecular weight is 265 g/mol. The number of nitrogen functional groups attached to an aromatic ring is 1. The van der Waals surface area contributed by atoms with E-state index in [0.717, 1.165) is 0 Å². The normalized spacial score (nSPS) is 16.4. The van der Waals surface area contributed by atoms with Crippen LogP contribution >= 0.6 is 0 Å². The molecule has 1 aromatic carbocycles. The molecule has 1 aromatic rings. The number of likely N-dealkylation sites (N-methyl/N-ethyl adjacent to an activating group) is 1. The van der Waals surface area contributed by atoms with Crippen LogP contribution in [0.1, 0.15) is 30.1 Å². The molecule has 0 heterocycles. The van der Waals surface area contributed by atoms with Gasteiger partial charge in [-0.05, 0) is 45.0 Å². The zero-order chi connectivity index (χ0) is 14.0. The van der Waals surface area contributed by atoms with E-state index in [1.807, 2.05) is 0 Å². The van der Waals surface area contributed by atoms with Crippen LogP contribution in [0.2, 0.25) is 0 Å². The highest BCUT2D eigenvalue weighted by Crippen LogP contribution is 2.26. The van der Waals surface area contributed by atoms with Gasteiger partial charge in [-0.3, -0.25) is 9.69 Å². The lowest BCUT2D eigenvalue weighted by Crippen LogP contribution is -2.41. The molecule has 1 unspecified atom stereocenters. The van der Waals surface area contributed by atoms with Crippen LogP contribution in [0.3, 0.4) is 0 Å². The maximum atomic E-state index is 13.2. The maximum Gasteiger partial charge on any atom is 0.251 e. The lowest BCUT2D eigenvalue weighted by Gasteiger charge is -2.24. The van der Waals surface area contributed by atoms with Gasteiger partial charge in [-0.1, -0.05) is 0 Å². The molecule has 1 saturated carbocycles. The lowest BCUT2D eigenvalue weighted by molar-refractivity contribution is 0.0939. The van der Waals surface area contributed by atoms with Gasteiger partial charge in [-0.25, -0.2) is 4.39 Å². The summed E-state index contributed by atoms with van der Waals surface area (Å²) >= 11 is 0. The van der Waals surface area contributed by atoms with Crippen molar-refractivity contribution in [2.24, 2.45) is 0 Å². The topological polar surface area (TPSA) is 58.4 Å². The highest BCUT2D eigenvalue weighted by molar-refractivity contribution is 5.95. The van der Waals surface area contributed by atoms with E-state index >= 15 is 0 Å². The first-order valence-electron chi connectivity index (χ1n) is 6.53. The third kappa shape index (κ3) is 3.67. The molecule has 3 N–H and O–H groups in total. The molecular weight excluding hydrogens is 245 g/mol. The molecule has 0 spiro atoms. The molecule has 5 heteroatoms. The number of hydrogen-bond acceptors (Lipinski definition) is 3. The number of halogens is 1. The van der Waals surface area contributed by atoms with Crippen LogP contribution in [0.4, 0.5) is 10.1 Å². The molecule has 1 amide bonds. The second-order valence-corrected chi connectivity index (χ2v) is 5.23. The van der Waals surface area contributed by atoms with Gasteiger partial charge in [0.05, 0.1) is 0 Å². The number of benzene rings is 1. The number of carbonyl (C=O) groups is 1. The quantitative estimate of drug-likeness (QED) is 0.795. The number of carbonyl (C=O) groups excluding carboxylic acids is 1. The highest BCUT2D eigenvalue weighted by atomic mass is 19.1. The van der Waals surface area contributed by atoms with Gasteiger partial charge in [-0.15, -0.1) is 0 Å². The second-order valence-electron chi connectivity index (χ2n) is 5.23. The minimum atomic E-state index is -0.492. The summed E-state index contributed by atoms with van der Waals surface area (Å²) in [4.78, 5) is 14.2. The monoisotopic (exact) mass is 265 g/mol. The van der Waals surface area contributed by atoms with Gasteiger partial charge in [0.1, 0.15) is 5.82 Å². The van der Waals surface area contributed by atoms with Crippen molar-refractivity contribution >= 4 is 11.6 Å². The summed E-state index contributed by atoms with van der Waals surface area (Å²) in [7, 11) is 2.06. The Morgan fingerprint density at radius 3 is 2.79 bits per heavy atom. The van der Waals surface area contributed by atoms with Gasteiger partial charge in [0.2, 0.25) is 0 Å². The molecule has 0 aromatic heterocycles. The Bertz CT molecular complexity index is 454. The standard InChI is InChI=1S/C14H20FN3O/c1-9(18(2)13-3-4-13)8-17-14(19)10-5-11(15)7-12(16)6-10/h5-7,9,13H,3-4,8,16H2,1-2H3,(H,17,19). The molecule has 0 aliphatic heterocycles. The van der Waals surface area contributed by atoms with Gasteiger partial charge in [0.25, 0.3) is 5.91 Å². The molecule has 0 radical (unpaired) electrons. The van der Waals surface area contributed by atoms with Crippen molar-refractivity contribution in [3.63, 3.8) is 0 Å². The Labute approximate surface area is 112 Å². The van der Waals surface area contributed by atoms with E-state index in [4.69, 9.17) is 5.73 Å². The SMILES string of the molecule is CC(CNC(=O)c1cc(N)cc(F)c1)N(C)C1CC1. The molecule has 1 aliphatic carbocycles. The van der Waals surface area contributed by atoms with Crippen LogP contribution < -0.4 is 11.1 Å². The van der Waals surface area contributed by atoms with Crippen LogP contribution in [0.15, 0.2) is 18.2 Å². The van der Waals surface area contributed by atoms with Crippen molar-refractivity contribution in [2.75, 3.05) is 19.3 Å². The van der Waals surface area contributed by atoms with Crippen LogP contribution in [-0.2, 0) is 0 Å². The Morgan fingerprint density at radius 1 is 1.53 bits per heavy atom. The van der Waals surface area contributed by atoms with Gasteiger partial charge in [0.15, 0.2) is 0 Å². The van der Waals surface area contributed by atoms with Crippen molar-refractivity contribution in [3.05, 3.63) is 29.6 Å². The van der Waals surface area contributed by atoms with Crippen molar-refractivity contribution in [3.8, 4) is 0 Å². The molecule has 1 fully saturated rings. The molecule has 0 bridgehead atoms. The number of nitrogens with one attached hydrogen (secondary N) is 1. The number of hydrogen-bond donors (Lipinski definition) is 2. The fourth-order valence-corrected chi connectivity index (χ4v) is 2.07. The van der Waals surface area contributed by atoms with Crippen molar-refractivity contribution in [1.82, 2.24) is 10.2 Å². The first kappa shape index (κ1) is 13.8. The zero-order valence-electron chi connectivity index (χ0n) is 11.3. The third-order valence-electron chi connectivity index (χ3n) is 3.56. The Morgan fingerprint density at radius 2 is 2.21 bits per heavy atom. The van der Waals surface area contributed by atoms with E-state index in [-0.39, 0.29) is 23.2 Å². The summed E-state index contributed by atoms with van der Waals surface area (Å²) < 4.78 is 13.2. The number of rotatable bonds is 5. The second kappa shape index (κ2) is 5.57. The van der Waals surface area contributed by atoms with Gasteiger partial charge < -0.3 is 11.1 Å². The fourth-order valence-electron chi connectivity index (χ4n) is 2.07. The molecule has 0 saturated heterocycles. The number of nitrogens with two attached hydrogens (primary N) is 1. The van der Waals surface area contributed by atoms with Crippen LogP contribution in [0, 0.1) is 5.82 Å². The molecule has 104 valence electrons. The van der Waals surface area contributed by atoms with Crippen molar-refractivity contribution < 1.29 is 9.18 Å². The Kier molecular flexibility index (Phi) is 4.04. The van der Waals surface area contributed by atoms with Gasteiger partial charge in [0, 0.05) is 29.9 Å². The number of amides is 1. The smallest absolute Gasteiger partial charge is 0.251 e.